The Kier molecular flexibility index (Phi) is 6.34. The molecule has 28 heavy (non-hydrogen) atoms. The van der Waals surface area contributed by atoms with E-state index in [4.69, 9.17) is 44.3 Å². The van der Waals surface area contributed by atoms with Crippen LogP contribution in [-0.4, -0.2) is 29.9 Å². The predicted molar refractivity (Wildman–Crippen MR) is 110 cm³/mol. The number of carbonyl (C=O) groups is 1. The van der Waals surface area contributed by atoms with Crippen molar-refractivity contribution in [2.75, 3.05) is 19.5 Å². The number of carbonyl (C=O) groups excluding carboxylic acids is 1. The topological polar surface area (TPSA) is 65.4 Å². The molecule has 0 bridgehead atoms. The monoisotopic (exact) mass is 439 g/mol. The van der Waals surface area contributed by atoms with E-state index in [0.29, 0.717) is 39.5 Å². The van der Waals surface area contributed by atoms with Gasteiger partial charge in [-0.2, -0.15) is 5.10 Å². The minimum Gasteiger partial charge on any atom is -0.493 e. The molecule has 0 radical (unpaired) electrons. The first-order valence-corrected chi connectivity index (χ1v) is 9.25. The molecule has 0 spiro atoms. The number of hydrogen-bond acceptors (Lipinski definition) is 4. The van der Waals surface area contributed by atoms with Gasteiger partial charge in [0.05, 0.1) is 32.0 Å². The molecular weight excluding hydrogens is 425 g/mol. The second-order valence-electron chi connectivity index (χ2n) is 5.76. The number of ether oxygens (including phenoxy) is 2. The zero-order valence-electron chi connectivity index (χ0n) is 15.0. The molecule has 1 N–H and O–H groups in total. The predicted octanol–water partition coefficient (Wildman–Crippen LogP) is 5.16. The fraction of sp³-hybridized carbons (Fsp3) is 0.158. The van der Waals surface area contributed by atoms with Crippen LogP contribution < -0.4 is 14.8 Å². The van der Waals surface area contributed by atoms with E-state index in [1.165, 1.54) is 20.3 Å². The smallest absolute Gasteiger partial charge is 0.257 e. The van der Waals surface area contributed by atoms with E-state index < -0.39 is 0 Å². The standard InChI is InChI=1S/C19H16Cl3N3O3/c1-27-16-8-12(7-15(22)18(16)28-2)19(26)24-17-5-6-23-25(17)10-11-3-4-13(20)9-14(11)21/h3-9H,10H2,1-2H3,(H,24,26). The molecule has 3 rings (SSSR count). The van der Waals surface area contributed by atoms with Crippen LogP contribution in [0, 0.1) is 0 Å². The molecule has 1 heterocycles. The average Bonchev–Trinajstić information content (AvgIpc) is 3.09. The molecule has 0 saturated carbocycles. The summed E-state index contributed by atoms with van der Waals surface area (Å²) in [5, 5.41) is 8.39. The number of aromatic nitrogens is 2. The van der Waals surface area contributed by atoms with Gasteiger partial charge in [-0.3, -0.25) is 4.79 Å². The molecule has 0 aliphatic heterocycles. The summed E-state index contributed by atoms with van der Waals surface area (Å²) < 4.78 is 12.0. The van der Waals surface area contributed by atoms with Crippen LogP contribution in [0.15, 0.2) is 42.6 Å². The van der Waals surface area contributed by atoms with Gasteiger partial charge in [0.2, 0.25) is 0 Å². The van der Waals surface area contributed by atoms with E-state index >= 15 is 0 Å². The van der Waals surface area contributed by atoms with E-state index in [-0.39, 0.29) is 10.9 Å². The van der Waals surface area contributed by atoms with Crippen LogP contribution in [-0.2, 0) is 6.54 Å². The van der Waals surface area contributed by atoms with Gasteiger partial charge in [0.15, 0.2) is 11.5 Å². The van der Waals surface area contributed by atoms with Crippen molar-refractivity contribution < 1.29 is 14.3 Å². The Morgan fingerprint density at radius 1 is 1.07 bits per heavy atom. The molecule has 9 heteroatoms. The minimum atomic E-state index is -0.369. The number of rotatable bonds is 6. The van der Waals surface area contributed by atoms with E-state index in [2.05, 4.69) is 10.4 Å². The van der Waals surface area contributed by atoms with Gasteiger partial charge in [-0.1, -0.05) is 40.9 Å². The lowest BCUT2D eigenvalue weighted by atomic mass is 10.2. The molecule has 0 unspecified atom stereocenters. The normalized spacial score (nSPS) is 10.6. The third kappa shape index (κ3) is 4.35. The summed E-state index contributed by atoms with van der Waals surface area (Å²) in [6, 6.07) is 9.96. The highest BCUT2D eigenvalue weighted by Gasteiger charge is 2.17. The van der Waals surface area contributed by atoms with Gasteiger partial charge >= 0.3 is 0 Å². The van der Waals surface area contributed by atoms with Crippen LogP contribution in [0.3, 0.4) is 0 Å². The summed E-state index contributed by atoms with van der Waals surface area (Å²) in [5.74, 6) is 0.860. The molecule has 1 amide bonds. The number of amides is 1. The van der Waals surface area contributed by atoms with E-state index in [0.717, 1.165) is 5.56 Å². The Balaban J connectivity index is 1.83. The third-order valence-electron chi connectivity index (χ3n) is 3.99. The number of anilines is 1. The van der Waals surface area contributed by atoms with E-state index in [1.54, 1.807) is 35.1 Å². The van der Waals surface area contributed by atoms with Gasteiger partial charge in [0.25, 0.3) is 5.91 Å². The Morgan fingerprint density at radius 3 is 2.54 bits per heavy atom. The summed E-state index contributed by atoms with van der Waals surface area (Å²) in [6.45, 7) is 0.366. The number of methoxy groups -OCH3 is 2. The summed E-state index contributed by atoms with van der Waals surface area (Å²) >= 11 is 18.3. The highest BCUT2D eigenvalue weighted by molar-refractivity contribution is 6.35. The molecule has 0 aliphatic carbocycles. The molecule has 1 aromatic heterocycles. The summed E-state index contributed by atoms with van der Waals surface area (Å²) in [6.07, 6.45) is 1.58. The second-order valence-corrected chi connectivity index (χ2v) is 7.01. The van der Waals surface area contributed by atoms with Gasteiger partial charge in [-0.05, 0) is 29.8 Å². The second kappa shape index (κ2) is 8.73. The van der Waals surface area contributed by atoms with Crippen LogP contribution in [0.4, 0.5) is 5.82 Å². The number of hydrogen-bond donors (Lipinski definition) is 1. The number of nitrogens with one attached hydrogen (secondary N) is 1. The Labute approximate surface area is 176 Å². The van der Waals surface area contributed by atoms with Gasteiger partial charge in [0, 0.05) is 21.7 Å². The van der Waals surface area contributed by atoms with Gasteiger partial charge < -0.3 is 14.8 Å². The Bertz CT molecular complexity index is 1020. The molecule has 0 fully saturated rings. The summed E-state index contributed by atoms with van der Waals surface area (Å²) in [7, 11) is 2.95. The largest absolute Gasteiger partial charge is 0.493 e. The van der Waals surface area contributed by atoms with Crippen molar-refractivity contribution >= 4 is 46.5 Å². The fourth-order valence-corrected chi connectivity index (χ4v) is 3.37. The first kappa shape index (κ1) is 20.3. The van der Waals surface area contributed by atoms with Crippen molar-refractivity contribution in [3.05, 3.63) is 68.8 Å². The van der Waals surface area contributed by atoms with Crippen molar-refractivity contribution in [3.63, 3.8) is 0 Å². The maximum Gasteiger partial charge on any atom is 0.257 e. The van der Waals surface area contributed by atoms with Gasteiger partial charge in [-0.15, -0.1) is 0 Å². The number of halogens is 3. The Morgan fingerprint density at radius 2 is 1.86 bits per heavy atom. The van der Waals surface area contributed by atoms with Crippen molar-refractivity contribution in [2.45, 2.75) is 6.54 Å². The molecule has 2 aromatic carbocycles. The lowest BCUT2D eigenvalue weighted by Crippen LogP contribution is -2.16. The molecule has 0 saturated heterocycles. The molecule has 6 nitrogen and oxygen atoms in total. The lowest BCUT2D eigenvalue weighted by molar-refractivity contribution is 0.102. The molecule has 146 valence electrons. The Hall–Kier alpha value is -2.41. The minimum absolute atomic E-state index is 0.272. The quantitative estimate of drug-likeness (QED) is 0.575. The van der Waals surface area contributed by atoms with Crippen molar-refractivity contribution in [1.82, 2.24) is 9.78 Å². The van der Waals surface area contributed by atoms with Crippen LogP contribution in [0.2, 0.25) is 15.1 Å². The molecular formula is C19H16Cl3N3O3. The zero-order chi connectivity index (χ0) is 20.3. The maximum atomic E-state index is 12.7. The number of benzene rings is 2. The lowest BCUT2D eigenvalue weighted by Gasteiger charge is -2.13. The van der Waals surface area contributed by atoms with Crippen LogP contribution >= 0.6 is 34.8 Å². The van der Waals surface area contributed by atoms with E-state index in [1.807, 2.05) is 6.07 Å². The molecule has 0 atom stereocenters. The maximum absolute atomic E-state index is 12.7. The summed E-state index contributed by atoms with van der Waals surface area (Å²) in [4.78, 5) is 12.7. The van der Waals surface area contributed by atoms with Crippen molar-refractivity contribution in [2.24, 2.45) is 0 Å². The van der Waals surface area contributed by atoms with Gasteiger partial charge in [-0.25, -0.2) is 4.68 Å². The fourth-order valence-electron chi connectivity index (χ4n) is 2.61. The van der Waals surface area contributed by atoms with Crippen LogP contribution in [0.25, 0.3) is 0 Å². The van der Waals surface area contributed by atoms with Crippen molar-refractivity contribution in [1.29, 1.82) is 0 Å². The van der Waals surface area contributed by atoms with Crippen LogP contribution in [0.5, 0.6) is 11.5 Å². The zero-order valence-corrected chi connectivity index (χ0v) is 17.3. The summed E-state index contributed by atoms with van der Waals surface area (Å²) in [5.41, 5.74) is 1.14. The number of nitrogens with zero attached hydrogens (tertiary/aromatic N) is 2. The third-order valence-corrected chi connectivity index (χ3v) is 4.86. The molecule has 0 aliphatic rings. The molecule has 3 aromatic rings. The average molecular weight is 441 g/mol. The first-order chi connectivity index (χ1) is 13.4. The van der Waals surface area contributed by atoms with Crippen LogP contribution in [0.1, 0.15) is 15.9 Å². The van der Waals surface area contributed by atoms with Crippen molar-refractivity contribution in [3.8, 4) is 11.5 Å². The van der Waals surface area contributed by atoms with E-state index in [9.17, 15) is 4.79 Å². The SMILES string of the molecule is COc1cc(C(=O)Nc2ccnn2Cc2ccc(Cl)cc2Cl)cc(Cl)c1OC. The van der Waals surface area contributed by atoms with Gasteiger partial charge in [0.1, 0.15) is 5.82 Å². The highest BCUT2D eigenvalue weighted by Crippen LogP contribution is 2.36. The highest BCUT2D eigenvalue weighted by atomic mass is 35.5. The first-order valence-electron chi connectivity index (χ1n) is 8.11.